The Labute approximate surface area is 197 Å². The Bertz CT molecular complexity index is 901. The maximum atomic E-state index is 5.95. The number of ether oxygens (including phenoxy) is 2. The van der Waals surface area contributed by atoms with Crippen molar-refractivity contribution in [2.75, 3.05) is 14.2 Å². The van der Waals surface area contributed by atoms with Crippen LogP contribution in [0, 0.1) is 0 Å². The predicted molar refractivity (Wildman–Crippen MR) is 133 cm³/mol. The number of hydrogen-bond donors (Lipinski definition) is 2. The molecule has 0 saturated carbocycles. The summed E-state index contributed by atoms with van der Waals surface area (Å²) in [6.45, 7) is 10.2. The smallest absolute Gasteiger partial charge is 0.169 e. The monoisotopic (exact) mass is 456 g/mol. The zero-order valence-corrected chi connectivity index (χ0v) is 20.9. The molecule has 0 aliphatic carbocycles. The van der Waals surface area contributed by atoms with Gasteiger partial charge in [0.2, 0.25) is 0 Å². The minimum Gasteiger partial charge on any atom is -0.497 e. The maximum absolute atomic E-state index is 5.95. The Morgan fingerprint density at radius 1 is 1.12 bits per heavy atom. The highest BCUT2D eigenvalue weighted by molar-refractivity contribution is 7.80. The van der Waals surface area contributed by atoms with E-state index in [9.17, 15) is 0 Å². The number of piperidine rings is 1. The van der Waals surface area contributed by atoms with Crippen molar-refractivity contribution in [3.05, 3.63) is 53.9 Å². The van der Waals surface area contributed by atoms with E-state index in [1.807, 2.05) is 30.5 Å². The predicted octanol–water partition coefficient (Wildman–Crippen LogP) is 4.28. The Morgan fingerprint density at radius 2 is 1.84 bits per heavy atom. The van der Waals surface area contributed by atoms with Crippen molar-refractivity contribution >= 4 is 17.3 Å². The lowest BCUT2D eigenvalue weighted by molar-refractivity contribution is 0.153. The third-order valence-electron chi connectivity index (χ3n) is 5.75. The van der Waals surface area contributed by atoms with Crippen LogP contribution in [-0.2, 0) is 13.1 Å². The van der Waals surface area contributed by atoms with E-state index in [0.717, 1.165) is 40.6 Å². The van der Waals surface area contributed by atoms with Crippen LogP contribution in [0.15, 0.2) is 42.7 Å². The molecule has 2 heterocycles. The Morgan fingerprint density at radius 3 is 2.44 bits per heavy atom. The first-order valence-electron chi connectivity index (χ1n) is 11.1. The largest absolute Gasteiger partial charge is 0.497 e. The molecule has 0 spiro atoms. The van der Waals surface area contributed by atoms with Gasteiger partial charge in [-0.1, -0.05) is 6.07 Å². The first kappa shape index (κ1) is 24.3. The summed E-state index contributed by atoms with van der Waals surface area (Å²) in [5.41, 5.74) is 2.20. The van der Waals surface area contributed by atoms with Crippen LogP contribution in [0.25, 0.3) is 0 Å². The summed E-state index contributed by atoms with van der Waals surface area (Å²) in [4.78, 5) is 6.45. The number of benzene rings is 1. The molecule has 1 aromatic heterocycles. The Hall–Kier alpha value is -2.38. The zero-order chi connectivity index (χ0) is 23.4. The number of pyridine rings is 1. The number of thiocarbonyl (C=S) groups is 1. The molecule has 1 saturated heterocycles. The number of nitrogens with zero attached hydrogens (tertiary/aromatic N) is 2. The fourth-order valence-corrected chi connectivity index (χ4v) is 5.11. The van der Waals surface area contributed by atoms with E-state index in [0.29, 0.717) is 13.1 Å². The third kappa shape index (κ3) is 6.56. The lowest BCUT2D eigenvalue weighted by atomic mass is 9.80. The van der Waals surface area contributed by atoms with Crippen LogP contribution in [0.4, 0.5) is 0 Å². The molecule has 7 heteroatoms. The fraction of sp³-hybridized carbons (Fsp3) is 0.520. The molecule has 0 atom stereocenters. The van der Waals surface area contributed by atoms with Crippen LogP contribution in [0.3, 0.4) is 0 Å². The van der Waals surface area contributed by atoms with Gasteiger partial charge < -0.3 is 25.0 Å². The molecule has 3 rings (SSSR count). The minimum absolute atomic E-state index is 0.0409. The van der Waals surface area contributed by atoms with Gasteiger partial charge >= 0.3 is 0 Å². The lowest BCUT2D eigenvalue weighted by Gasteiger charge is -2.47. The average Bonchev–Trinajstić information content (AvgIpc) is 2.71. The number of nitrogens with one attached hydrogen (secondary N) is 2. The lowest BCUT2D eigenvalue weighted by Crippen LogP contribution is -2.62. The third-order valence-corrected chi connectivity index (χ3v) is 6.13. The summed E-state index contributed by atoms with van der Waals surface area (Å²) in [6.07, 6.45) is 5.67. The summed E-state index contributed by atoms with van der Waals surface area (Å²) in [5.74, 6) is 1.61. The van der Waals surface area contributed by atoms with Gasteiger partial charge in [0, 0.05) is 48.2 Å². The normalized spacial score (nSPS) is 17.4. The van der Waals surface area contributed by atoms with Crippen LogP contribution in [0.2, 0.25) is 0 Å². The van der Waals surface area contributed by atoms with Gasteiger partial charge in [0.15, 0.2) is 5.11 Å². The van der Waals surface area contributed by atoms with Crippen molar-refractivity contribution < 1.29 is 9.47 Å². The van der Waals surface area contributed by atoms with Crippen LogP contribution in [0.1, 0.15) is 51.7 Å². The summed E-state index contributed by atoms with van der Waals surface area (Å²) < 4.78 is 11.1. The van der Waals surface area contributed by atoms with Gasteiger partial charge in [-0.3, -0.25) is 4.98 Å². The van der Waals surface area contributed by atoms with E-state index in [1.165, 1.54) is 0 Å². The fourth-order valence-electron chi connectivity index (χ4n) is 4.81. The van der Waals surface area contributed by atoms with Gasteiger partial charge in [0.25, 0.3) is 0 Å². The van der Waals surface area contributed by atoms with Gasteiger partial charge in [0.1, 0.15) is 11.5 Å². The quantitative estimate of drug-likeness (QED) is 0.603. The van der Waals surface area contributed by atoms with E-state index in [-0.39, 0.29) is 17.1 Å². The highest BCUT2D eigenvalue weighted by atomic mass is 32.1. The number of hydrogen-bond acceptors (Lipinski definition) is 5. The number of rotatable bonds is 7. The van der Waals surface area contributed by atoms with Crippen molar-refractivity contribution in [3.63, 3.8) is 0 Å². The average molecular weight is 457 g/mol. The van der Waals surface area contributed by atoms with Gasteiger partial charge in [-0.15, -0.1) is 0 Å². The van der Waals surface area contributed by atoms with Crippen molar-refractivity contribution in [2.45, 2.75) is 70.7 Å². The Balaban J connectivity index is 1.84. The standard InChI is InChI=1S/C25H36N4O2S/c1-24(2)13-20(14-25(3,4)28-24)27-23(32)29(16-18-8-7-11-26-15-18)17-19-12-21(30-5)9-10-22(19)31-6/h7-12,15,20,28H,13-14,16-17H2,1-6H3,(H,27,32). The van der Waals surface area contributed by atoms with Crippen LogP contribution < -0.4 is 20.1 Å². The maximum Gasteiger partial charge on any atom is 0.169 e. The highest BCUT2D eigenvalue weighted by Gasteiger charge is 2.38. The van der Waals surface area contributed by atoms with E-state index < -0.39 is 0 Å². The first-order valence-corrected chi connectivity index (χ1v) is 11.5. The SMILES string of the molecule is COc1ccc(OC)c(CN(Cc2cccnc2)C(=S)NC2CC(C)(C)NC(C)(C)C2)c1. The highest BCUT2D eigenvalue weighted by Crippen LogP contribution is 2.29. The second-order valence-corrected chi connectivity index (χ2v) is 10.2. The molecule has 0 bridgehead atoms. The van der Waals surface area contributed by atoms with Gasteiger partial charge in [0.05, 0.1) is 14.2 Å². The molecule has 2 N–H and O–H groups in total. The molecular formula is C25H36N4O2S. The van der Waals surface area contributed by atoms with Crippen molar-refractivity contribution in [2.24, 2.45) is 0 Å². The van der Waals surface area contributed by atoms with Crippen molar-refractivity contribution in [1.82, 2.24) is 20.5 Å². The molecule has 2 aromatic rings. The second kappa shape index (κ2) is 10.0. The van der Waals surface area contributed by atoms with Crippen molar-refractivity contribution in [3.8, 4) is 11.5 Å². The topological polar surface area (TPSA) is 58.7 Å². The van der Waals surface area contributed by atoms with Gasteiger partial charge in [-0.25, -0.2) is 0 Å². The molecule has 32 heavy (non-hydrogen) atoms. The van der Waals surface area contributed by atoms with E-state index >= 15 is 0 Å². The van der Waals surface area contributed by atoms with E-state index in [1.54, 1.807) is 20.4 Å². The second-order valence-electron chi connectivity index (χ2n) is 9.84. The van der Waals surface area contributed by atoms with E-state index in [2.05, 4.69) is 54.3 Å². The Kier molecular flexibility index (Phi) is 7.62. The van der Waals surface area contributed by atoms with Crippen LogP contribution >= 0.6 is 12.2 Å². The molecule has 0 radical (unpaired) electrons. The molecule has 1 fully saturated rings. The molecule has 1 aromatic carbocycles. The molecule has 6 nitrogen and oxygen atoms in total. The summed E-state index contributed by atoms with van der Waals surface area (Å²) >= 11 is 5.95. The summed E-state index contributed by atoms with van der Waals surface area (Å²) in [5, 5.41) is 8.13. The van der Waals surface area contributed by atoms with Crippen LogP contribution in [-0.4, -0.2) is 46.3 Å². The van der Waals surface area contributed by atoms with Crippen molar-refractivity contribution in [1.29, 1.82) is 0 Å². The molecule has 0 amide bonds. The summed E-state index contributed by atoms with van der Waals surface area (Å²) in [6, 6.07) is 10.2. The zero-order valence-electron chi connectivity index (χ0n) is 20.1. The minimum atomic E-state index is 0.0409. The molecule has 1 aliphatic rings. The number of methoxy groups -OCH3 is 2. The molecular weight excluding hydrogens is 420 g/mol. The van der Waals surface area contributed by atoms with E-state index in [4.69, 9.17) is 21.7 Å². The van der Waals surface area contributed by atoms with Crippen LogP contribution in [0.5, 0.6) is 11.5 Å². The molecule has 1 aliphatic heterocycles. The molecule has 0 unspecified atom stereocenters. The summed E-state index contributed by atoms with van der Waals surface area (Å²) in [7, 11) is 3.36. The van der Waals surface area contributed by atoms with Gasteiger partial charge in [-0.05, 0) is 82.6 Å². The first-order chi connectivity index (χ1) is 15.1. The molecule has 174 valence electrons. The number of aromatic nitrogens is 1. The van der Waals surface area contributed by atoms with Gasteiger partial charge in [-0.2, -0.15) is 0 Å².